The Kier molecular flexibility index (Phi) is 5.10. The van der Waals surface area contributed by atoms with Crippen LogP contribution in [-0.4, -0.2) is 50.0 Å². The summed E-state index contributed by atoms with van der Waals surface area (Å²) in [5.74, 6) is -2.18. The van der Waals surface area contributed by atoms with Gasteiger partial charge in [-0.3, -0.25) is 0 Å². The molecule has 0 amide bonds. The minimum Gasteiger partial charge on any atom is -0.421 e. The Balaban J connectivity index is 1.33. The molecule has 3 aromatic rings. The van der Waals surface area contributed by atoms with Crippen LogP contribution in [0.15, 0.2) is 30.6 Å². The number of piperidine rings is 1. The molecule has 2 fully saturated rings. The van der Waals surface area contributed by atoms with Crippen molar-refractivity contribution in [3.8, 4) is 11.8 Å². The standard InChI is InChI=1S/C21H20F5N7O/c1-11-6-15(28-10-27-11)32-7-12-17(20(12,2)8-32)29-18-30-19(33(31-18)9-21(24,25)26)34-14-5-3-4-13(22)16(14)23/h3-6,10,12,17H,7-9H2,1-2H3,(H,29,31). The first kappa shape index (κ1) is 22.3. The van der Waals surface area contributed by atoms with E-state index >= 15 is 0 Å². The van der Waals surface area contributed by atoms with Crippen LogP contribution in [0.25, 0.3) is 0 Å². The summed E-state index contributed by atoms with van der Waals surface area (Å²) in [6.07, 6.45) is -3.12. The topological polar surface area (TPSA) is 81.0 Å². The Morgan fingerprint density at radius 3 is 2.71 bits per heavy atom. The third-order valence-corrected chi connectivity index (χ3v) is 6.28. The van der Waals surface area contributed by atoms with Gasteiger partial charge in [0, 0.05) is 42.2 Å². The highest BCUT2D eigenvalue weighted by molar-refractivity contribution is 5.48. The van der Waals surface area contributed by atoms with Gasteiger partial charge in [0.05, 0.1) is 0 Å². The summed E-state index contributed by atoms with van der Waals surface area (Å²) in [5.41, 5.74) is 0.691. The summed E-state index contributed by atoms with van der Waals surface area (Å²) in [7, 11) is 0. The van der Waals surface area contributed by atoms with E-state index in [-0.39, 0.29) is 23.3 Å². The number of hydrogen-bond acceptors (Lipinski definition) is 7. The summed E-state index contributed by atoms with van der Waals surface area (Å²) < 4.78 is 72.3. The second kappa shape index (κ2) is 7.77. The first-order chi connectivity index (χ1) is 16.0. The van der Waals surface area contributed by atoms with Crippen molar-refractivity contribution in [2.45, 2.75) is 32.6 Å². The lowest BCUT2D eigenvalue weighted by Crippen LogP contribution is -2.31. The average Bonchev–Trinajstić information content (AvgIpc) is 3.04. The van der Waals surface area contributed by atoms with Crippen LogP contribution in [-0.2, 0) is 6.54 Å². The lowest BCUT2D eigenvalue weighted by molar-refractivity contribution is -0.143. The summed E-state index contributed by atoms with van der Waals surface area (Å²) >= 11 is 0. The van der Waals surface area contributed by atoms with Crippen molar-refractivity contribution in [2.24, 2.45) is 11.3 Å². The fraction of sp³-hybridized carbons (Fsp3) is 0.429. The van der Waals surface area contributed by atoms with E-state index < -0.39 is 36.1 Å². The fourth-order valence-corrected chi connectivity index (χ4v) is 4.49. The zero-order valence-electron chi connectivity index (χ0n) is 18.1. The zero-order valence-corrected chi connectivity index (χ0v) is 18.1. The van der Waals surface area contributed by atoms with Gasteiger partial charge >= 0.3 is 12.2 Å². The lowest BCUT2D eigenvalue weighted by atomic mass is 10.1. The van der Waals surface area contributed by atoms with Crippen molar-refractivity contribution in [3.63, 3.8) is 0 Å². The van der Waals surface area contributed by atoms with Gasteiger partial charge in [-0.2, -0.15) is 22.5 Å². The van der Waals surface area contributed by atoms with Crippen LogP contribution in [0.2, 0.25) is 0 Å². The van der Waals surface area contributed by atoms with E-state index in [1.54, 1.807) is 0 Å². The molecular formula is C21H20F5N7O. The summed E-state index contributed by atoms with van der Waals surface area (Å²) in [6.45, 7) is 3.83. The molecule has 180 valence electrons. The van der Waals surface area contributed by atoms with Crippen molar-refractivity contribution in [2.75, 3.05) is 23.3 Å². The predicted molar refractivity (Wildman–Crippen MR) is 110 cm³/mol. The largest absolute Gasteiger partial charge is 0.421 e. The Morgan fingerprint density at radius 2 is 2.03 bits per heavy atom. The molecule has 2 aliphatic rings. The molecule has 0 bridgehead atoms. The van der Waals surface area contributed by atoms with Crippen molar-refractivity contribution in [3.05, 3.63) is 47.9 Å². The molecule has 5 rings (SSSR count). The van der Waals surface area contributed by atoms with E-state index in [4.69, 9.17) is 4.74 Å². The quantitative estimate of drug-likeness (QED) is 0.534. The van der Waals surface area contributed by atoms with Gasteiger partial charge in [0.2, 0.25) is 11.8 Å². The molecule has 34 heavy (non-hydrogen) atoms. The summed E-state index contributed by atoms with van der Waals surface area (Å²) in [4.78, 5) is 14.5. The molecule has 1 aliphatic carbocycles. The van der Waals surface area contributed by atoms with E-state index in [2.05, 4.69) is 37.2 Å². The number of halogens is 5. The molecule has 3 unspecified atom stereocenters. The maximum absolute atomic E-state index is 14.0. The molecular weight excluding hydrogens is 461 g/mol. The van der Waals surface area contributed by atoms with Gasteiger partial charge in [-0.1, -0.05) is 13.0 Å². The van der Waals surface area contributed by atoms with E-state index in [0.29, 0.717) is 17.8 Å². The number of nitrogens with one attached hydrogen (secondary N) is 1. The number of aromatic nitrogens is 5. The number of rotatable bonds is 6. The molecule has 1 aromatic carbocycles. The van der Waals surface area contributed by atoms with Crippen LogP contribution < -0.4 is 15.0 Å². The second-order valence-electron chi connectivity index (χ2n) is 8.78. The Morgan fingerprint density at radius 1 is 1.24 bits per heavy atom. The van der Waals surface area contributed by atoms with Crippen molar-refractivity contribution >= 4 is 11.8 Å². The van der Waals surface area contributed by atoms with Crippen LogP contribution in [0.1, 0.15) is 12.6 Å². The summed E-state index contributed by atoms with van der Waals surface area (Å²) in [5, 5.41) is 6.95. The minimum absolute atomic E-state index is 0.0767. The predicted octanol–water partition coefficient (Wildman–Crippen LogP) is 3.95. The maximum atomic E-state index is 14.0. The SMILES string of the molecule is Cc1cc(N2CC3C(Nc4nc(Oc5cccc(F)c5F)n(CC(F)(F)F)n4)C3(C)C2)ncn1. The molecule has 3 heterocycles. The Labute approximate surface area is 190 Å². The normalized spacial score (nSPS) is 23.7. The van der Waals surface area contributed by atoms with Crippen LogP contribution in [0.4, 0.5) is 33.7 Å². The molecule has 1 aliphatic heterocycles. The number of ether oxygens (including phenoxy) is 1. The van der Waals surface area contributed by atoms with E-state index in [1.165, 1.54) is 12.4 Å². The highest BCUT2D eigenvalue weighted by Crippen LogP contribution is 2.59. The Hall–Kier alpha value is -3.51. The second-order valence-corrected chi connectivity index (χ2v) is 8.78. The molecule has 0 radical (unpaired) electrons. The fourth-order valence-electron chi connectivity index (χ4n) is 4.49. The molecule has 8 nitrogen and oxygen atoms in total. The van der Waals surface area contributed by atoms with E-state index in [1.807, 2.05) is 13.0 Å². The molecule has 2 aromatic heterocycles. The first-order valence-corrected chi connectivity index (χ1v) is 10.5. The Bertz CT molecular complexity index is 1230. The maximum Gasteiger partial charge on any atom is 0.408 e. The number of nitrogens with zero attached hydrogens (tertiary/aromatic N) is 6. The number of aryl methyl sites for hydroxylation is 1. The zero-order chi connectivity index (χ0) is 24.3. The molecule has 1 saturated carbocycles. The number of hydrogen-bond donors (Lipinski definition) is 1. The number of fused-ring (bicyclic) bond motifs is 1. The first-order valence-electron chi connectivity index (χ1n) is 10.5. The van der Waals surface area contributed by atoms with Crippen molar-refractivity contribution in [1.29, 1.82) is 0 Å². The smallest absolute Gasteiger partial charge is 0.408 e. The van der Waals surface area contributed by atoms with Crippen LogP contribution in [0, 0.1) is 29.9 Å². The van der Waals surface area contributed by atoms with E-state index in [0.717, 1.165) is 23.6 Å². The van der Waals surface area contributed by atoms with Crippen LogP contribution >= 0.6 is 0 Å². The molecule has 1 saturated heterocycles. The van der Waals surface area contributed by atoms with Gasteiger partial charge in [0.25, 0.3) is 0 Å². The molecule has 13 heteroatoms. The van der Waals surface area contributed by atoms with Gasteiger partial charge in [0.1, 0.15) is 18.7 Å². The highest BCUT2D eigenvalue weighted by Gasteiger charge is 2.66. The lowest BCUT2D eigenvalue weighted by Gasteiger charge is -2.23. The number of anilines is 2. The minimum atomic E-state index is -4.62. The number of benzene rings is 1. The van der Waals surface area contributed by atoms with Gasteiger partial charge < -0.3 is 15.0 Å². The molecule has 1 N–H and O–H groups in total. The number of alkyl halides is 3. The third-order valence-electron chi connectivity index (χ3n) is 6.28. The van der Waals surface area contributed by atoms with Gasteiger partial charge in [0.15, 0.2) is 11.6 Å². The summed E-state index contributed by atoms with van der Waals surface area (Å²) in [6, 6.07) is 4.36. The third kappa shape index (κ3) is 4.10. The average molecular weight is 481 g/mol. The van der Waals surface area contributed by atoms with Gasteiger partial charge in [-0.05, 0) is 19.1 Å². The van der Waals surface area contributed by atoms with Gasteiger partial charge in [-0.15, -0.1) is 5.10 Å². The monoisotopic (exact) mass is 481 g/mol. The van der Waals surface area contributed by atoms with Crippen LogP contribution in [0.5, 0.6) is 11.8 Å². The van der Waals surface area contributed by atoms with Gasteiger partial charge in [-0.25, -0.2) is 19.0 Å². The van der Waals surface area contributed by atoms with Crippen molar-refractivity contribution in [1.82, 2.24) is 24.7 Å². The molecule has 3 atom stereocenters. The van der Waals surface area contributed by atoms with Crippen LogP contribution in [0.3, 0.4) is 0 Å². The van der Waals surface area contributed by atoms with E-state index in [9.17, 15) is 22.0 Å². The molecule has 0 spiro atoms. The van der Waals surface area contributed by atoms with Crippen molar-refractivity contribution < 1.29 is 26.7 Å². The highest BCUT2D eigenvalue weighted by atomic mass is 19.4.